The number of anilines is 1. The zero-order valence-electron chi connectivity index (χ0n) is 20.7. The van der Waals surface area contributed by atoms with Gasteiger partial charge in [0, 0.05) is 18.1 Å². The maximum absolute atomic E-state index is 13.6. The van der Waals surface area contributed by atoms with Gasteiger partial charge in [0.15, 0.2) is 6.10 Å². The van der Waals surface area contributed by atoms with Crippen LogP contribution in [0.4, 0.5) is 5.69 Å². The number of benzene rings is 3. The van der Waals surface area contributed by atoms with E-state index < -0.39 is 16.1 Å². The normalized spacial score (nSPS) is 17.8. The minimum Gasteiger partial charge on any atom is -0.476 e. The summed E-state index contributed by atoms with van der Waals surface area (Å²) in [4.78, 5) is 15.7. The molecule has 5 rings (SSSR count). The Labute approximate surface area is 223 Å². The van der Waals surface area contributed by atoms with Crippen LogP contribution < -0.4 is 14.4 Å². The molecule has 194 valence electrons. The third kappa shape index (κ3) is 5.76. The lowest BCUT2D eigenvalue weighted by Gasteiger charge is -2.35. The Morgan fingerprint density at radius 1 is 1.03 bits per heavy atom. The standard InChI is InChI=1S/C28H30ClN3O4S/c1-20-7-10-24(11-8-20)37(34,35)32-19-27(36-26-12-9-23(29)16-25(26)32)28(33)30-17-21-5-4-6-22(15-21)18-31-13-2-3-14-31/h4-12,15-16,27H,2-3,13-14,17-19H2,1H3,(H,30,33)/t27-/m1/s1. The van der Waals surface area contributed by atoms with Crippen molar-refractivity contribution < 1.29 is 17.9 Å². The van der Waals surface area contributed by atoms with Gasteiger partial charge in [0.2, 0.25) is 0 Å². The number of likely N-dealkylation sites (tertiary alicyclic amines) is 1. The molecule has 1 N–H and O–H groups in total. The Bertz CT molecular complexity index is 1390. The van der Waals surface area contributed by atoms with E-state index in [-0.39, 0.29) is 17.3 Å². The molecule has 2 heterocycles. The van der Waals surface area contributed by atoms with Gasteiger partial charge in [0.25, 0.3) is 15.9 Å². The van der Waals surface area contributed by atoms with Gasteiger partial charge in [0.05, 0.1) is 17.1 Å². The van der Waals surface area contributed by atoms with E-state index in [1.54, 1.807) is 42.5 Å². The lowest BCUT2D eigenvalue weighted by atomic mass is 10.1. The molecule has 37 heavy (non-hydrogen) atoms. The summed E-state index contributed by atoms with van der Waals surface area (Å²) in [5, 5.41) is 3.30. The monoisotopic (exact) mass is 539 g/mol. The molecule has 1 amide bonds. The van der Waals surface area contributed by atoms with Crippen LogP contribution in [-0.4, -0.2) is 45.0 Å². The second kappa shape index (κ2) is 10.7. The summed E-state index contributed by atoms with van der Waals surface area (Å²) in [6, 6.07) is 19.5. The quantitative estimate of drug-likeness (QED) is 0.478. The van der Waals surface area contributed by atoms with Gasteiger partial charge in [-0.25, -0.2) is 8.42 Å². The summed E-state index contributed by atoms with van der Waals surface area (Å²) in [5.74, 6) is -0.0891. The van der Waals surface area contributed by atoms with Gasteiger partial charge in [-0.3, -0.25) is 14.0 Å². The van der Waals surface area contributed by atoms with Crippen molar-refractivity contribution in [3.05, 3.63) is 88.4 Å². The first-order valence-corrected chi connectivity index (χ1v) is 14.2. The average molecular weight is 540 g/mol. The number of hydrogen-bond donors (Lipinski definition) is 1. The molecule has 2 aliphatic rings. The fraction of sp³-hybridized carbons (Fsp3) is 0.321. The van der Waals surface area contributed by atoms with Crippen molar-refractivity contribution in [2.24, 2.45) is 0 Å². The van der Waals surface area contributed by atoms with Crippen LogP contribution in [0.15, 0.2) is 71.6 Å². The number of aryl methyl sites for hydroxylation is 1. The highest BCUT2D eigenvalue weighted by molar-refractivity contribution is 7.92. The lowest BCUT2D eigenvalue weighted by Crippen LogP contribution is -2.50. The van der Waals surface area contributed by atoms with E-state index in [1.807, 2.05) is 19.1 Å². The van der Waals surface area contributed by atoms with E-state index in [4.69, 9.17) is 16.3 Å². The number of amides is 1. The highest BCUT2D eigenvalue weighted by atomic mass is 35.5. The van der Waals surface area contributed by atoms with Crippen LogP contribution in [-0.2, 0) is 27.9 Å². The Balaban J connectivity index is 1.33. The van der Waals surface area contributed by atoms with E-state index in [0.29, 0.717) is 23.0 Å². The van der Waals surface area contributed by atoms with Crippen molar-refractivity contribution in [3.63, 3.8) is 0 Å². The highest BCUT2D eigenvalue weighted by Crippen LogP contribution is 2.39. The fourth-order valence-electron chi connectivity index (χ4n) is 4.77. The van der Waals surface area contributed by atoms with Gasteiger partial charge in [-0.05, 0) is 74.3 Å². The van der Waals surface area contributed by atoms with Crippen LogP contribution >= 0.6 is 11.6 Å². The van der Waals surface area contributed by atoms with Gasteiger partial charge < -0.3 is 10.1 Å². The second-order valence-electron chi connectivity index (χ2n) is 9.59. The van der Waals surface area contributed by atoms with Gasteiger partial charge >= 0.3 is 0 Å². The topological polar surface area (TPSA) is 79.0 Å². The Morgan fingerprint density at radius 3 is 2.51 bits per heavy atom. The summed E-state index contributed by atoms with van der Waals surface area (Å²) in [6.45, 7) is 5.19. The molecule has 0 saturated carbocycles. The maximum Gasteiger partial charge on any atom is 0.264 e. The highest BCUT2D eigenvalue weighted by Gasteiger charge is 2.37. The molecule has 9 heteroatoms. The molecule has 0 bridgehead atoms. The summed E-state index contributed by atoms with van der Waals surface area (Å²) < 4.78 is 34.3. The first kappa shape index (κ1) is 25.6. The number of rotatable bonds is 7. The molecular weight excluding hydrogens is 510 g/mol. The Morgan fingerprint density at radius 2 is 1.76 bits per heavy atom. The molecule has 0 unspecified atom stereocenters. The number of ether oxygens (including phenoxy) is 1. The zero-order chi connectivity index (χ0) is 26.0. The summed E-state index contributed by atoms with van der Waals surface area (Å²) in [5.41, 5.74) is 3.46. The zero-order valence-corrected chi connectivity index (χ0v) is 22.3. The van der Waals surface area contributed by atoms with Crippen molar-refractivity contribution in [3.8, 4) is 5.75 Å². The SMILES string of the molecule is Cc1ccc(S(=O)(=O)N2C[C@H](C(=O)NCc3cccc(CN4CCCC4)c3)Oc3ccc(Cl)cc32)cc1. The van der Waals surface area contributed by atoms with Crippen LogP contribution in [0.2, 0.25) is 5.02 Å². The first-order valence-electron chi connectivity index (χ1n) is 12.4. The van der Waals surface area contributed by atoms with Crippen LogP contribution in [0.1, 0.15) is 29.5 Å². The lowest BCUT2D eigenvalue weighted by molar-refractivity contribution is -0.127. The second-order valence-corrected chi connectivity index (χ2v) is 11.9. The minimum atomic E-state index is -3.95. The Kier molecular flexibility index (Phi) is 7.42. The van der Waals surface area contributed by atoms with Crippen molar-refractivity contribution in [2.45, 2.75) is 43.9 Å². The summed E-state index contributed by atoms with van der Waals surface area (Å²) in [6.07, 6.45) is 1.47. The van der Waals surface area contributed by atoms with E-state index in [0.717, 1.165) is 30.8 Å². The molecule has 3 aromatic rings. The van der Waals surface area contributed by atoms with Crippen molar-refractivity contribution in [1.29, 1.82) is 0 Å². The minimum absolute atomic E-state index is 0.139. The molecule has 0 radical (unpaired) electrons. The van der Waals surface area contributed by atoms with Gasteiger partial charge in [-0.2, -0.15) is 0 Å². The molecule has 7 nitrogen and oxygen atoms in total. The summed E-state index contributed by atoms with van der Waals surface area (Å²) >= 11 is 6.18. The van der Waals surface area contributed by atoms with Crippen molar-refractivity contribution >= 4 is 33.2 Å². The number of halogens is 1. The van der Waals surface area contributed by atoms with Crippen LogP contribution in [0.5, 0.6) is 5.75 Å². The largest absolute Gasteiger partial charge is 0.476 e. The number of nitrogens with one attached hydrogen (secondary N) is 1. The third-order valence-corrected chi connectivity index (χ3v) is 8.78. The number of carbonyl (C=O) groups is 1. The van der Waals surface area contributed by atoms with E-state index in [2.05, 4.69) is 22.3 Å². The predicted molar refractivity (Wildman–Crippen MR) is 144 cm³/mol. The molecule has 1 fully saturated rings. The molecule has 0 aliphatic carbocycles. The smallest absolute Gasteiger partial charge is 0.264 e. The first-order chi connectivity index (χ1) is 17.8. The van der Waals surface area contributed by atoms with Gasteiger partial charge in [-0.15, -0.1) is 0 Å². The third-order valence-electron chi connectivity index (χ3n) is 6.75. The number of carbonyl (C=O) groups excluding carboxylic acids is 1. The van der Waals surface area contributed by atoms with E-state index in [9.17, 15) is 13.2 Å². The fourth-order valence-corrected chi connectivity index (χ4v) is 6.40. The van der Waals surface area contributed by atoms with Crippen LogP contribution in [0.25, 0.3) is 0 Å². The molecule has 0 spiro atoms. The summed E-state index contributed by atoms with van der Waals surface area (Å²) in [7, 11) is -3.95. The van der Waals surface area contributed by atoms with E-state index >= 15 is 0 Å². The van der Waals surface area contributed by atoms with Crippen LogP contribution in [0.3, 0.4) is 0 Å². The average Bonchev–Trinajstić information content (AvgIpc) is 3.40. The molecule has 0 aromatic heterocycles. The predicted octanol–water partition coefficient (Wildman–Crippen LogP) is 4.52. The number of sulfonamides is 1. The molecule has 3 aromatic carbocycles. The molecule has 2 aliphatic heterocycles. The maximum atomic E-state index is 13.6. The van der Waals surface area contributed by atoms with Crippen molar-refractivity contribution in [2.75, 3.05) is 23.9 Å². The Hall–Kier alpha value is -3.07. The molecule has 1 saturated heterocycles. The number of nitrogens with zero attached hydrogens (tertiary/aromatic N) is 2. The van der Waals surface area contributed by atoms with Crippen LogP contribution in [0, 0.1) is 6.92 Å². The number of hydrogen-bond acceptors (Lipinski definition) is 5. The molecular formula is C28H30ClN3O4S. The van der Waals surface area contributed by atoms with Gasteiger partial charge in [-0.1, -0.05) is 53.6 Å². The van der Waals surface area contributed by atoms with E-state index in [1.165, 1.54) is 22.7 Å². The van der Waals surface area contributed by atoms with Crippen molar-refractivity contribution in [1.82, 2.24) is 10.2 Å². The molecule has 1 atom stereocenters. The van der Waals surface area contributed by atoms with Gasteiger partial charge in [0.1, 0.15) is 5.75 Å². The number of fused-ring (bicyclic) bond motifs is 1.